The quantitative estimate of drug-likeness (QED) is 0.847. The van der Waals surface area contributed by atoms with E-state index in [0.29, 0.717) is 6.42 Å². The van der Waals surface area contributed by atoms with Crippen LogP contribution in [0.4, 0.5) is 0 Å². The highest BCUT2D eigenvalue weighted by atomic mass is 16.8. The number of carbonyl (C=O) groups is 2. The molecule has 0 bridgehead atoms. The maximum absolute atomic E-state index is 12.4. The summed E-state index contributed by atoms with van der Waals surface area (Å²) in [5, 5.41) is 8.96. The zero-order chi connectivity index (χ0) is 16.4. The van der Waals surface area contributed by atoms with Crippen LogP contribution in [0.25, 0.3) is 0 Å². The largest absolute Gasteiger partial charge is 0.481 e. The van der Waals surface area contributed by atoms with E-state index in [-0.39, 0.29) is 18.3 Å². The van der Waals surface area contributed by atoms with Crippen LogP contribution in [-0.4, -0.2) is 28.9 Å². The van der Waals surface area contributed by atoms with Crippen LogP contribution in [0.3, 0.4) is 0 Å². The molecule has 0 spiro atoms. The molecule has 2 rings (SSSR count). The number of cyclic esters (lactones) is 1. The van der Waals surface area contributed by atoms with Gasteiger partial charge in [-0.3, -0.25) is 4.79 Å². The molecule has 0 saturated carbocycles. The lowest BCUT2D eigenvalue weighted by molar-refractivity contribution is -0.157. The SMILES string of the molecule is CC(C)(C)[C@@H]1OC(=O)[C@](CCC(=O)O)(Cc2ccccc2)O1. The average molecular weight is 306 g/mol. The average Bonchev–Trinajstić information content (AvgIpc) is 2.75. The summed E-state index contributed by atoms with van der Waals surface area (Å²) in [5.74, 6) is -1.43. The van der Waals surface area contributed by atoms with Gasteiger partial charge in [0.25, 0.3) is 0 Å². The van der Waals surface area contributed by atoms with Gasteiger partial charge in [-0.05, 0) is 12.0 Å². The molecule has 1 aromatic carbocycles. The highest BCUT2D eigenvalue weighted by Gasteiger charge is 2.53. The molecule has 120 valence electrons. The molecule has 5 heteroatoms. The van der Waals surface area contributed by atoms with Gasteiger partial charge in [0.2, 0.25) is 6.29 Å². The molecule has 0 radical (unpaired) electrons. The van der Waals surface area contributed by atoms with E-state index in [1.807, 2.05) is 51.1 Å². The Kier molecular flexibility index (Phi) is 4.56. The third kappa shape index (κ3) is 3.65. The van der Waals surface area contributed by atoms with Crippen LogP contribution in [0.2, 0.25) is 0 Å². The highest BCUT2D eigenvalue weighted by molar-refractivity contribution is 5.82. The van der Waals surface area contributed by atoms with Crippen LogP contribution in [0.15, 0.2) is 30.3 Å². The van der Waals surface area contributed by atoms with Gasteiger partial charge in [-0.15, -0.1) is 0 Å². The lowest BCUT2D eigenvalue weighted by atomic mass is 9.89. The summed E-state index contributed by atoms with van der Waals surface area (Å²) >= 11 is 0. The summed E-state index contributed by atoms with van der Waals surface area (Å²) in [5.41, 5.74) is -0.672. The summed E-state index contributed by atoms with van der Waals surface area (Å²) < 4.78 is 11.3. The Balaban J connectivity index is 2.26. The van der Waals surface area contributed by atoms with E-state index < -0.39 is 23.8 Å². The Bertz CT molecular complexity index is 546. The standard InChI is InChI=1S/C17H22O5/c1-16(2,3)15-21-14(20)17(22-15,10-9-13(18)19)11-12-7-5-4-6-8-12/h4-8,15H,9-11H2,1-3H3,(H,18,19)/t15-,17+/m1/s1. The fourth-order valence-corrected chi connectivity index (χ4v) is 2.43. The molecule has 5 nitrogen and oxygen atoms in total. The third-order valence-electron chi connectivity index (χ3n) is 3.70. The van der Waals surface area contributed by atoms with Gasteiger partial charge in [-0.25, -0.2) is 4.79 Å². The van der Waals surface area contributed by atoms with Crippen molar-refractivity contribution in [2.75, 3.05) is 0 Å². The van der Waals surface area contributed by atoms with Crippen LogP contribution in [0.5, 0.6) is 0 Å². The number of ether oxygens (including phenoxy) is 2. The lowest BCUT2D eigenvalue weighted by Crippen LogP contribution is -2.40. The van der Waals surface area contributed by atoms with Crippen molar-refractivity contribution < 1.29 is 24.2 Å². The van der Waals surface area contributed by atoms with E-state index in [4.69, 9.17) is 14.6 Å². The van der Waals surface area contributed by atoms with Crippen molar-refractivity contribution in [1.82, 2.24) is 0 Å². The molecule has 0 amide bonds. The van der Waals surface area contributed by atoms with Gasteiger partial charge in [0.15, 0.2) is 5.60 Å². The molecule has 22 heavy (non-hydrogen) atoms. The van der Waals surface area contributed by atoms with Gasteiger partial charge >= 0.3 is 11.9 Å². The fourth-order valence-electron chi connectivity index (χ4n) is 2.43. The number of carbonyl (C=O) groups excluding carboxylic acids is 1. The van der Waals surface area contributed by atoms with Crippen molar-refractivity contribution in [3.63, 3.8) is 0 Å². The second-order valence-electron chi connectivity index (χ2n) is 6.77. The van der Waals surface area contributed by atoms with E-state index >= 15 is 0 Å². The smallest absolute Gasteiger partial charge is 0.341 e. The molecular formula is C17H22O5. The first-order chi connectivity index (χ1) is 10.2. The Morgan fingerprint density at radius 3 is 2.41 bits per heavy atom. The van der Waals surface area contributed by atoms with Gasteiger partial charge in [-0.2, -0.15) is 0 Å². The highest BCUT2D eigenvalue weighted by Crippen LogP contribution is 2.39. The van der Waals surface area contributed by atoms with Gasteiger partial charge < -0.3 is 14.6 Å². The van der Waals surface area contributed by atoms with Crippen LogP contribution < -0.4 is 0 Å². The third-order valence-corrected chi connectivity index (χ3v) is 3.70. The molecule has 1 aliphatic heterocycles. The number of carboxylic acid groups (broad SMARTS) is 1. The summed E-state index contributed by atoms with van der Waals surface area (Å²) in [6.07, 6.45) is -0.397. The monoisotopic (exact) mass is 306 g/mol. The zero-order valence-corrected chi connectivity index (χ0v) is 13.2. The summed E-state index contributed by atoms with van der Waals surface area (Å²) in [4.78, 5) is 23.4. The molecule has 0 aromatic heterocycles. The zero-order valence-electron chi connectivity index (χ0n) is 13.2. The predicted octanol–water partition coefficient (Wildman–Crippen LogP) is 2.78. The van der Waals surface area contributed by atoms with Gasteiger partial charge in [0.1, 0.15) is 0 Å². The summed E-state index contributed by atoms with van der Waals surface area (Å²) in [6, 6.07) is 9.43. The number of hydrogen-bond acceptors (Lipinski definition) is 4. The van der Waals surface area contributed by atoms with E-state index in [0.717, 1.165) is 5.56 Å². The minimum atomic E-state index is -1.22. The van der Waals surface area contributed by atoms with Crippen LogP contribution in [-0.2, 0) is 25.5 Å². The minimum Gasteiger partial charge on any atom is -0.481 e. The second kappa shape index (κ2) is 6.08. The van der Waals surface area contributed by atoms with Crippen molar-refractivity contribution in [3.05, 3.63) is 35.9 Å². The maximum Gasteiger partial charge on any atom is 0.341 e. The van der Waals surface area contributed by atoms with E-state index in [1.54, 1.807) is 0 Å². The van der Waals surface area contributed by atoms with Gasteiger partial charge in [0.05, 0.1) is 0 Å². The van der Waals surface area contributed by atoms with E-state index in [1.165, 1.54) is 0 Å². The van der Waals surface area contributed by atoms with Gasteiger partial charge in [0, 0.05) is 18.3 Å². The van der Waals surface area contributed by atoms with Crippen LogP contribution in [0, 0.1) is 5.41 Å². The van der Waals surface area contributed by atoms with Crippen molar-refractivity contribution in [3.8, 4) is 0 Å². The normalized spacial score (nSPS) is 25.0. The molecule has 1 aliphatic rings. The minimum absolute atomic E-state index is 0.0998. The molecule has 1 N–H and O–H groups in total. The number of esters is 1. The molecule has 0 aliphatic carbocycles. The summed E-state index contributed by atoms with van der Waals surface area (Å²) in [6.45, 7) is 5.75. The Labute approximate surface area is 130 Å². The first-order valence-electron chi connectivity index (χ1n) is 7.38. The first kappa shape index (κ1) is 16.5. The molecular weight excluding hydrogens is 284 g/mol. The molecule has 1 saturated heterocycles. The Hall–Kier alpha value is -1.88. The Morgan fingerprint density at radius 1 is 1.27 bits per heavy atom. The van der Waals surface area contributed by atoms with Crippen molar-refractivity contribution in [2.24, 2.45) is 5.41 Å². The maximum atomic E-state index is 12.4. The first-order valence-corrected chi connectivity index (χ1v) is 7.38. The number of carboxylic acids is 1. The van der Waals surface area contributed by atoms with E-state index in [9.17, 15) is 9.59 Å². The molecule has 1 aromatic rings. The van der Waals surface area contributed by atoms with E-state index in [2.05, 4.69) is 0 Å². The molecule has 1 heterocycles. The lowest BCUT2D eigenvalue weighted by Gasteiger charge is -2.28. The number of hydrogen-bond donors (Lipinski definition) is 1. The van der Waals surface area contributed by atoms with Crippen molar-refractivity contribution in [1.29, 1.82) is 0 Å². The van der Waals surface area contributed by atoms with Crippen molar-refractivity contribution >= 4 is 11.9 Å². The fraction of sp³-hybridized carbons (Fsp3) is 0.529. The Morgan fingerprint density at radius 2 is 1.91 bits per heavy atom. The number of benzene rings is 1. The molecule has 1 fully saturated rings. The number of rotatable bonds is 5. The second-order valence-corrected chi connectivity index (χ2v) is 6.77. The van der Waals surface area contributed by atoms with Gasteiger partial charge in [-0.1, -0.05) is 51.1 Å². The van der Waals surface area contributed by atoms with Crippen LogP contribution in [0.1, 0.15) is 39.2 Å². The topological polar surface area (TPSA) is 72.8 Å². The van der Waals surface area contributed by atoms with Crippen molar-refractivity contribution in [2.45, 2.75) is 51.9 Å². The number of aliphatic carboxylic acids is 1. The predicted molar refractivity (Wildman–Crippen MR) is 80.2 cm³/mol. The summed E-state index contributed by atoms with van der Waals surface area (Å²) in [7, 11) is 0. The molecule has 2 atom stereocenters. The molecule has 0 unspecified atom stereocenters. The van der Waals surface area contributed by atoms with Crippen LogP contribution >= 0.6 is 0 Å².